The van der Waals surface area contributed by atoms with Crippen molar-refractivity contribution in [2.24, 2.45) is 0 Å². The number of hydrogen-bond acceptors (Lipinski definition) is 2. The van der Waals surface area contributed by atoms with Crippen LogP contribution < -0.4 is 0 Å². The molecule has 0 N–H and O–H groups in total. The molecule has 0 spiro atoms. The van der Waals surface area contributed by atoms with Crippen molar-refractivity contribution in [2.75, 3.05) is 6.26 Å². The van der Waals surface area contributed by atoms with E-state index in [1.807, 2.05) is 6.26 Å². The summed E-state index contributed by atoms with van der Waals surface area (Å²) in [6, 6.07) is 0. The largest absolute Gasteiger partial charge is 0.299 e. The fraction of sp³-hybridized carbons (Fsp3) is 0.857. The van der Waals surface area contributed by atoms with E-state index >= 15 is 0 Å². The Kier molecular flexibility index (Phi) is 4.87. The second-order valence-corrected chi connectivity index (χ2v) is 3.16. The molecule has 0 aliphatic carbocycles. The third-order valence-corrected chi connectivity index (χ3v) is 2.43. The van der Waals surface area contributed by atoms with E-state index in [1.54, 1.807) is 18.7 Å². The summed E-state index contributed by atoms with van der Waals surface area (Å²) in [5.41, 5.74) is 0. The van der Waals surface area contributed by atoms with Crippen LogP contribution in [0.15, 0.2) is 0 Å². The predicted octanol–water partition coefficient (Wildman–Crippen LogP) is 2.11. The molecule has 2 heteroatoms. The summed E-state index contributed by atoms with van der Waals surface area (Å²) in [4.78, 5) is 10.7. The molecule has 0 aromatic carbocycles. The minimum Gasteiger partial charge on any atom is -0.299 e. The summed E-state index contributed by atoms with van der Waals surface area (Å²) < 4.78 is 0. The molecule has 0 radical (unpaired) electrons. The van der Waals surface area contributed by atoms with Gasteiger partial charge >= 0.3 is 0 Å². The molecule has 0 aliphatic heterocycles. The molecule has 54 valence electrons. The lowest BCUT2D eigenvalue weighted by Gasteiger charge is -2.06. The normalized spacial score (nSPS) is 13.2. The molecule has 0 aromatic heterocycles. The Hall–Kier alpha value is 0.0200. The molecule has 1 nitrogen and oxygen atoms in total. The van der Waals surface area contributed by atoms with Crippen molar-refractivity contribution in [1.82, 2.24) is 0 Å². The minimum absolute atomic E-state index is 0.245. The van der Waals surface area contributed by atoms with Gasteiger partial charge in [-0.3, -0.25) is 4.79 Å². The topological polar surface area (TPSA) is 17.1 Å². The molecule has 0 saturated carbocycles. The lowest BCUT2D eigenvalue weighted by Crippen LogP contribution is -2.11. The minimum atomic E-state index is 0.245. The zero-order valence-corrected chi connectivity index (χ0v) is 7.12. The van der Waals surface area contributed by atoms with Crippen LogP contribution >= 0.6 is 11.8 Å². The van der Waals surface area contributed by atoms with Gasteiger partial charge in [0.1, 0.15) is 5.78 Å². The Morgan fingerprint density at radius 2 is 2.22 bits per heavy atom. The third kappa shape index (κ3) is 3.57. The van der Waals surface area contributed by atoms with E-state index < -0.39 is 0 Å². The lowest BCUT2D eigenvalue weighted by atomic mass is 10.2. The van der Waals surface area contributed by atoms with Crippen LogP contribution in [0.4, 0.5) is 0 Å². The molecular formula is C7H14OS. The highest BCUT2D eigenvalue weighted by molar-refractivity contribution is 7.99. The smallest absolute Gasteiger partial charge is 0.142 e. The second-order valence-electron chi connectivity index (χ2n) is 2.12. The Morgan fingerprint density at radius 1 is 1.67 bits per heavy atom. The maximum atomic E-state index is 10.7. The van der Waals surface area contributed by atoms with E-state index in [4.69, 9.17) is 0 Å². The van der Waals surface area contributed by atoms with Crippen molar-refractivity contribution in [2.45, 2.75) is 31.9 Å². The van der Waals surface area contributed by atoms with Crippen LogP contribution in [0.5, 0.6) is 0 Å². The van der Waals surface area contributed by atoms with Crippen LogP contribution in [0.1, 0.15) is 26.7 Å². The van der Waals surface area contributed by atoms with Crippen molar-refractivity contribution in [1.29, 1.82) is 0 Å². The highest BCUT2D eigenvalue weighted by Crippen LogP contribution is 2.13. The van der Waals surface area contributed by atoms with Crippen LogP contribution in [0.25, 0.3) is 0 Å². The number of carbonyl (C=O) groups is 1. The van der Waals surface area contributed by atoms with Gasteiger partial charge in [-0.05, 0) is 19.6 Å². The molecule has 0 aliphatic rings. The van der Waals surface area contributed by atoms with E-state index in [9.17, 15) is 4.79 Å². The number of Topliss-reactive ketones (excluding diaryl/α,β-unsaturated/α-hetero) is 1. The van der Waals surface area contributed by atoms with Gasteiger partial charge < -0.3 is 0 Å². The first-order chi connectivity index (χ1) is 4.22. The van der Waals surface area contributed by atoms with E-state index in [-0.39, 0.29) is 5.25 Å². The molecule has 1 atom stereocenters. The van der Waals surface area contributed by atoms with Gasteiger partial charge in [0.25, 0.3) is 0 Å². The predicted molar refractivity (Wildman–Crippen MR) is 42.9 cm³/mol. The summed E-state index contributed by atoms with van der Waals surface area (Å²) in [7, 11) is 0. The molecule has 0 bridgehead atoms. The number of thioether (sulfide) groups is 1. The molecular weight excluding hydrogens is 132 g/mol. The zero-order chi connectivity index (χ0) is 7.28. The van der Waals surface area contributed by atoms with Crippen molar-refractivity contribution >= 4 is 17.5 Å². The van der Waals surface area contributed by atoms with Crippen molar-refractivity contribution in [3.63, 3.8) is 0 Å². The van der Waals surface area contributed by atoms with Gasteiger partial charge in [-0.1, -0.05) is 13.3 Å². The van der Waals surface area contributed by atoms with Gasteiger partial charge in [-0.15, -0.1) is 0 Å². The number of ketones is 1. The van der Waals surface area contributed by atoms with Gasteiger partial charge in [0, 0.05) is 0 Å². The van der Waals surface area contributed by atoms with Gasteiger partial charge in [0.15, 0.2) is 0 Å². The first-order valence-corrected chi connectivity index (χ1v) is 4.54. The molecule has 0 amide bonds. The molecule has 0 heterocycles. The average molecular weight is 146 g/mol. The maximum Gasteiger partial charge on any atom is 0.142 e. The summed E-state index contributed by atoms with van der Waals surface area (Å²) in [5, 5.41) is 0.245. The van der Waals surface area contributed by atoms with E-state index in [0.29, 0.717) is 5.78 Å². The standard InChI is InChI=1S/C7H14OS/c1-4-5-7(9-3)6(2)8/h7H,4-5H2,1-3H3. The highest BCUT2D eigenvalue weighted by Gasteiger charge is 2.09. The summed E-state index contributed by atoms with van der Waals surface area (Å²) in [5.74, 6) is 0.310. The molecule has 1 unspecified atom stereocenters. The van der Waals surface area contributed by atoms with E-state index in [2.05, 4.69) is 6.92 Å². The monoisotopic (exact) mass is 146 g/mol. The number of rotatable bonds is 4. The maximum absolute atomic E-state index is 10.7. The Morgan fingerprint density at radius 3 is 2.33 bits per heavy atom. The molecule has 0 fully saturated rings. The Bertz CT molecular complexity index is 90.9. The van der Waals surface area contributed by atoms with Crippen LogP contribution in [0.3, 0.4) is 0 Å². The van der Waals surface area contributed by atoms with Crippen LogP contribution in [-0.4, -0.2) is 17.3 Å². The van der Waals surface area contributed by atoms with Crippen molar-refractivity contribution in [3.05, 3.63) is 0 Å². The number of carbonyl (C=O) groups excluding carboxylic acids is 1. The Balaban J connectivity index is 3.54. The molecule has 9 heavy (non-hydrogen) atoms. The lowest BCUT2D eigenvalue weighted by molar-refractivity contribution is -0.116. The van der Waals surface area contributed by atoms with E-state index in [0.717, 1.165) is 12.8 Å². The van der Waals surface area contributed by atoms with Gasteiger partial charge in [-0.2, -0.15) is 11.8 Å². The van der Waals surface area contributed by atoms with E-state index in [1.165, 1.54) is 0 Å². The number of hydrogen-bond donors (Lipinski definition) is 0. The summed E-state index contributed by atoms with van der Waals surface area (Å²) >= 11 is 1.65. The fourth-order valence-electron chi connectivity index (χ4n) is 0.749. The van der Waals surface area contributed by atoms with Crippen LogP contribution in [0, 0.1) is 0 Å². The van der Waals surface area contributed by atoms with Gasteiger partial charge in [0.2, 0.25) is 0 Å². The third-order valence-electron chi connectivity index (χ3n) is 1.29. The quantitative estimate of drug-likeness (QED) is 0.604. The first kappa shape index (κ1) is 9.02. The van der Waals surface area contributed by atoms with Crippen LogP contribution in [-0.2, 0) is 4.79 Å². The average Bonchev–Trinajstić information content (AvgIpc) is 1.82. The molecule has 0 rings (SSSR count). The first-order valence-electron chi connectivity index (χ1n) is 3.25. The van der Waals surface area contributed by atoms with Gasteiger partial charge in [0.05, 0.1) is 5.25 Å². The molecule has 0 saturated heterocycles. The van der Waals surface area contributed by atoms with Gasteiger partial charge in [-0.25, -0.2) is 0 Å². The Labute approximate surface area is 61.2 Å². The summed E-state index contributed by atoms with van der Waals surface area (Å²) in [6.45, 7) is 3.77. The van der Waals surface area contributed by atoms with Crippen molar-refractivity contribution < 1.29 is 4.79 Å². The summed E-state index contributed by atoms with van der Waals surface area (Å²) in [6.07, 6.45) is 4.11. The second kappa shape index (κ2) is 4.86. The highest BCUT2D eigenvalue weighted by atomic mass is 32.2. The van der Waals surface area contributed by atoms with Crippen LogP contribution in [0.2, 0.25) is 0 Å². The fourth-order valence-corrected chi connectivity index (χ4v) is 1.55. The SMILES string of the molecule is CCCC(SC)C(C)=O. The van der Waals surface area contributed by atoms with Crippen molar-refractivity contribution in [3.8, 4) is 0 Å². The zero-order valence-electron chi connectivity index (χ0n) is 6.31. The molecule has 0 aromatic rings.